The third kappa shape index (κ3) is 4.17. The zero-order chi connectivity index (χ0) is 15.2. The lowest BCUT2D eigenvalue weighted by Gasteiger charge is -2.16. The fourth-order valence-corrected chi connectivity index (χ4v) is 2.02. The van der Waals surface area contributed by atoms with Crippen LogP contribution >= 0.6 is 0 Å². The van der Waals surface area contributed by atoms with Gasteiger partial charge in [-0.1, -0.05) is 12.1 Å². The van der Waals surface area contributed by atoms with Crippen molar-refractivity contribution >= 4 is 17.5 Å². The highest BCUT2D eigenvalue weighted by molar-refractivity contribution is 5.94. The molecule has 1 aromatic rings. The van der Waals surface area contributed by atoms with Crippen LogP contribution in [-0.2, 0) is 14.3 Å². The summed E-state index contributed by atoms with van der Waals surface area (Å²) in [6.07, 6.45) is 0.115. The molecule has 5 N–H and O–H groups in total. The molecule has 1 saturated heterocycles. The Hall–Kier alpha value is -2.12. The fraction of sp³-hybridized carbons (Fsp3) is 0.429. The summed E-state index contributed by atoms with van der Waals surface area (Å²) >= 11 is 0. The van der Waals surface area contributed by atoms with Crippen LogP contribution in [0.1, 0.15) is 6.42 Å². The van der Waals surface area contributed by atoms with Gasteiger partial charge in [0.2, 0.25) is 11.8 Å². The molecule has 2 amide bonds. The van der Waals surface area contributed by atoms with Gasteiger partial charge in [0, 0.05) is 6.04 Å². The Balaban J connectivity index is 1.99. The van der Waals surface area contributed by atoms with Crippen LogP contribution in [0.5, 0.6) is 5.75 Å². The number of anilines is 1. The second kappa shape index (κ2) is 7.05. The van der Waals surface area contributed by atoms with E-state index in [2.05, 4.69) is 5.32 Å². The minimum Gasteiger partial charge on any atom is -0.491 e. The van der Waals surface area contributed by atoms with Crippen molar-refractivity contribution in [2.75, 3.05) is 25.1 Å². The summed E-state index contributed by atoms with van der Waals surface area (Å²) in [5.41, 5.74) is 11.4. The molecule has 0 bridgehead atoms. The molecule has 1 fully saturated rings. The third-order valence-corrected chi connectivity index (χ3v) is 3.21. The largest absolute Gasteiger partial charge is 0.491 e. The standard InChI is InChI=1S/C14H19N3O4/c15-10-8-20-7-9(10)14(19)17-11-3-1-2-4-12(11)21-6-5-13(16)18/h1-4,9-10H,5-8,15H2,(H2,16,18)(H,17,19). The van der Waals surface area contributed by atoms with E-state index in [9.17, 15) is 9.59 Å². The first kappa shape index (κ1) is 15.3. The van der Waals surface area contributed by atoms with Gasteiger partial charge >= 0.3 is 0 Å². The van der Waals surface area contributed by atoms with Gasteiger partial charge in [0.1, 0.15) is 5.75 Å². The zero-order valence-corrected chi connectivity index (χ0v) is 11.6. The highest BCUT2D eigenvalue weighted by Crippen LogP contribution is 2.25. The number of ether oxygens (including phenoxy) is 2. The lowest BCUT2D eigenvalue weighted by molar-refractivity contribution is -0.120. The number of para-hydroxylation sites is 2. The highest BCUT2D eigenvalue weighted by atomic mass is 16.5. The van der Waals surface area contributed by atoms with Crippen LogP contribution in [0.3, 0.4) is 0 Å². The summed E-state index contributed by atoms with van der Waals surface area (Å²) in [6, 6.07) is 6.69. The Morgan fingerprint density at radius 1 is 1.33 bits per heavy atom. The Morgan fingerprint density at radius 2 is 2.10 bits per heavy atom. The van der Waals surface area contributed by atoms with Gasteiger partial charge in [0.15, 0.2) is 0 Å². The molecular weight excluding hydrogens is 274 g/mol. The molecular formula is C14H19N3O4. The van der Waals surface area contributed by atoms with E-state index in [-0.39, 0.29) is 30.9 Å². The first-order valence-electron chi connectivity index (χ1n) is 6.72. The molecule has 2 atom stereocenters. The molecule has 21 heavy (non-hydrogen) atoms. The van der Waals surface area contributed by atoms with Crippen molar-refractivity contribution in [2.45, 2.75) is 12.5 Å². The number of carbonyl (C=O) groups is 2. The maximum absolute atomic E-state index is 12.2. The van der Waals surface area contributed by atoms with E-state index in [0.29, 0.717) is 24.7 Å². The minimum atomic E-state index is -0.439. The quantitative estimate of drug-likeness (QED) is 0.674. The van der Waals surface area contributed by atoms with Gasteiger partial charge in [-0.05, 0) is 12.1 Å². The Labute approximate surface area is 122 Å². The predicted octanol–water partition coefficient (Wildman–Crippen LogP) is -0.147. The monoisotopic (exact) mass is 293 g/mol. The van der Waals surface area contributed by atoms with Crippen LogP contribution in [0, 0.1) is 5.92 Å². The van der Waals surface area contributed by atoms with Crippen molar-refractivity contribution < 1.29 is 19.1 Å². The summed E-state index contributed by atoms with van der Waals surface area (Å²) < 4.78 is 10.6. The summed E-state index contributed by atoms with van der Waals surface area (Å²) in [5.74, 6) is -0.528. The molecule has 1 heterocycles. The van der Waals surface area contributed by atoms with Crippen molar-refractivity contribution in [1.82, 2.24) is 0 Å². The molecule has 0 saturated carbocycles. The summed E-state index contributed by atoms with van der Waals surface area (Å²) in [7, 11) is 0. The summed E-state index contributed by atoms with van der Waals surface area (Å²) in [4.78, 5) is 22.9. The number of rotatable bonds is 6. The smallest absolute Gasteiger partial charge is 0.231 e. The number of amides is 2. The minimum absolute atomic E-state index is 0.115. The molecule has 0 aliphatic carbocycles. The first-order valence-corrected chi connectivity index (χ1v) is 6.72. The van der Waals surface area contributed by atoms with Gasteiger partial charge in [0.25, 0.3) is 0 Å². The van der Waals surface area contributed by atoms with Gasteiger partial charge in [-0.2, -0.15) is 0 Å². The molecule has 1 aliphatic rings. The van der Waals surface area contributed by atoms with E-state index in [1.807, 2.05) is 0 Å². The average molecular weight is 293 g/mol. The fourth-order valence-electron chi connectivity index (χ4n) is 2.02. The van der Waals surface area contributed by atoms with Crippen LogP contribution in [0.2, 0.25) is 0 Å². The van der Waals surface area contributed by atoms with Gasteiger partial charge in [-0.15, -0.1) is 0 Å². The maximum Gasteiger partial charge on any atom is 0.231 e. The van der Waals surface area contributed by atoms with E-state index in [1.54, 1.807) is 24.3 Å². The summed E-state index contributed by atoms with van der Waals surface area (Å²) in [6.45, 7) is 0.862. The van der Waals surface area contributed by atoms with Crippen molar-refractivity contribution in [3.63, 3.8) is 0 Å². The molecule has 0 radical (unpaired) electrons. The number of hydrogen-bond donors (Lipinski definition) is 3. The van der Waals surface area contributed by atoms with Crippen LogP contribution in [0.25, 0.3) is 0 Å². The number of nitrogens with one attached hydrogen (secondary N) is 1. The van der Waals surface area contributed by atoms with Crippen LogP contribution in [0.4, 0.5) is 5.69 Å². The molecule has 2 unspecified atom stereocenters. The van der Waals surface area contributed by atoms with Gasteiger partial charge < -0.3 is 26.3 Å². The molecule has 0 spiro atoms. The van der Waals surface area contributed by atoms with Gasteiger partial charge in [-0.25, -0.2) is 0 Å². The lowest BCUT2D eigenvalue weighted by Crippen LogP contribution is -2.37. The number of hydrogen-bond acceptors (Lipinski definition) is 5. The third-order valence-electron chi connectivity index (χ3n) is 3.21. The van der Waals surface area contributed by atoms with E-state index in [1.165, 1.54) is 0 Å². The number of primary amides is 1. The van der Waals surface area contributed by atoms with Gasteiger partial charge in [-0.3, -0.25) is 9.59 Å². The first-order chi connectivity index (χ1) is 10.1. The molecule has 1 aliphatic heterocycles. The normalized spacial score (nSPS) is 21.0. The number of benzene rings is 1. The molecule has 0 aromatic heterocycles. The van der Waals surface area contributed by atoms with Crippen LogP contribution < -0.4 is 21.5 Å². The Bertz CT molecular complexity index is 521. The predicted molar refractivity (Wildman–Crippen MR) is 76.7 cm³/mol. The van der Waals surface area contributed by atoms with Gasteiger partial charge in [0.05, 0.1) is 37.8 Å². The van der Waals surface area contributed by atoms with E-state index in [0.717, 1.165) is 0 Å². The van der Waals surface area contributed by atoms with Crippen molar-refractivity contribution in [2.24, 2.45) is 17.4 Å². The molecule has 7 heteroatoms. The molecule has 7 nitrogen and oxygen atoms in total. The van der Waals surface area contributed by atoms with Crippen LogP contribution in [0.15, 0.2) is 24.3 Å². The number of nitrogens with two attached hydrogens (primary N) is 2. The van der Waals surface area contributed by atoms with E-state index < -0.39 is 5.91 Å². The Kier molecular flexibility index (Phi) is 5.13. The van der Waals surface area contributed by atoms with Crippen molar-refractivity contribution in [3.05, 3.63) is 24.3 Å². The highest BCUT2D eigenvalue weighted by Gasteiger charge is 2.31. The van der Waals surface area contributed by atoms with Crippen molar-refractivity contribution in [1.29, 1.82) is 0 Å². The van der Waals surface area contributed by atoms with Crippen molar-refractivity contribution in [3.8, 4) is 5.75 Å². The van der Waals surface area contributed by atoms with Crippen LogP contribution in [-0.4, -0.2) is 37.7 Å². The second-order valence-electron chi connectivity index (χ2n) is 4.86. The van der Waals surface area contributed by atoms with E-state index in [4.69, 9.17) is 20.9 Å². The average Bonchev–Trinajstić information content (AvgIpc) is 2.86. The summed E-state index contributed by atoms with van der Waals surface area (Å²) in [5, 5.41) is 2.78. The molecule has 1 aromatic carbocycles. The van der Waals surface area contributed by atoms with E-state index >= 15 is 0 Å². The second-order valence-corrected chi connectivity index (χ2v) is 4.86. The SMILES string of the molecule is NC(=O)CCOc1ccccc1NC(=O)C1COCC1N. The number of carbonyl (C=O) groups excluding carboxylic acids is 2. The topological polar surface area (TPSA) is 117 Å². The maximum atomic E-state index is 12.2. The molecule has 2 rings (SSSR count). The molecule has 114 valence electrons. The zero-order valence-electron chi connectivity index (χ0n) is 11.6. The lowest BCUT2D eigenvalue weighted by atomic mass is 10.0. The Morgan fingerprint density at radius 3 is 2.76 bits per heavy atom.